The van der Waals surface area contributed by atoms with Crippen LogP contribution in [0.15, 0.2) is 11.6 Å². The third kappa shape index (κ3) is 7.88. The number of ether oxygens (including phenoxy) is 6. The lowest BCUT2D eigenvalue weighted by Crippen LogP contribution is -2.68. The molecule has 0 amide bonds. The summed E-state index contributed by atoms with van der Waals surface area (Å²) >= 11 is 0. The molecule has 4 saturated carbocycles. The number of carbonyl (C=O) groups is 2. The summed E-state index contributed by atoms with van der Waals surface area (Å²) in [4.78, 5) is 25.1. The lowest BCUT2D eigenvalue weighted by Gasteiger charge is -2.71. The highest BCUT2D eigenvalue weighted by Gasteiger charge is 2.70. The summed E-state index contributed by atoms with van der Waals surface area (Å²) in [6.45, 7) is 15.8. The van der Waals surface area contributed by atoms with E-state index in [1.54, 1.807) is 6.92 Å². The van der Waals surface area contributed by atoms with Crippen LogP contribution in [-0.2, 0) is 38.0 Å². The van der Waals surface area contributed by atoms with Crippen LogP contribution in [0.5, 0.6) is 0 Å². The Kier molecular flexibility index (Phi) is 13.6. The van der Waals surface area contributed by atoms with Gasteiger partial charge in [0.1, 0.15) is 61.0 Å². The number of carboxylic acid groups (broad SMARTS) is 2. The van der Waals surface area contributed by atoms with E-state index in [2.05, 4.69) is 47.6 Å². The summed E-state index contributed by atoms with van der Waals surface area (Å²) in [5.41, 5.74) is -1.39. The molecule has 3 aliphatic heterocycles. The molecule has 3 saturated heterocycles. The molecular formula is C48H76O19. The maximum absolute atomic E-state index is 12.6. The molecule has 0 bridgehead atoms. The molecule has 67 heavy (non-hydrogen) atoms. The Balaban J connectivity index is 1.06. The van der Waals surface area contributed by atoms with Crippen molar-refractivity contribution in [3.8, 4) is 0 Å². The number of carboxylic acids is 2. The van der Waals surface area contributed by atoms with Gasteiger partial charge in [-0.3, -0.25) is 4.79 Å². The van der Waals surface area contributed by atoms with Crippen molar-refractivity contribution in [2.75, 3.05) is 6.61 Å². The van der Waals surface area contributed by atoms with Gasteiger partial charge in [-0.15, -0.1) is 0 Å². The average molecular weight is 957 g/mol. The van der Waals surface area contributed by atoms with Crippen molar-refractivity contribution in [2.45, 2.75) is 218 Å². The van der Waals surface area contributed by atoms with Gasteiger partial charge in [-0.05, 0) is 111 Å². The molecule has 1 unspecified atom stereocenters. The second kappa shape index (κ2) is 17.7. The summed E-state index contributed by atoms with van der Waals surface area (Å²) in [6.07, 6.45) is -18.9. The molecule has 25 atom stereocenters. The number of aliphatic hydroxyl groups is 9. The van der Waals surface area contributed by atoms with Crippen molar-refractivity contribution in [3.05, 3.63) is 11.6 Å². The number of hydrogen-bond acceptors (Lipinski definition) is 17. The first-order valence-corrected chi connectivity index (χ1v) is 24.3. The summed E-state index contributed by atoms with van der Waals surface area (Å²) in [6, 6.07) is 0. The Hall–Kier alpha value is -1.92. The largest absolute Gasteiger partial charge is 0.481 e. The van der Waals surface area contributed by atoms with Gasteiger partial charge in [0.15, 0.2) is 25.0 Å². The molecular weight excluding hydrogens is 881 g/mol. The van der Waals surface area contributed by atoms with E-state index in [0.29, 0.717) is 19.3 Å². The molecule has 0 spiro atoms. The van der Waals surface area contributed by atoms with Crippen LogP contribution in [0.1, 0.15) is 113 Å². The van der Waals surface area contributed by atoms with E-state index in [-0.39, 0.29) is 40.4 Å². The number of rotatable bonds is 9. The normalized spacial score (nSPS) is 55.2. The number of allylic oxidation sites excluding steroid dienone is 2. The lowest BCUT2D eigenvalue weighted by molar-refractivity contribution is -0.395. The SMILES string of the molecule is C[C@@H]1O[C@@H](O[C@H]2[C@H](O[C@H]3[C@H](O[C@H]4CC[C@@]5(C)C(CC[C@]6(C)[C@@H]5CC=C5[C@@H]7C[C@](C)(C(=O)O)C[C@@H](O)[C@]7(C)CC[C@]56C)C4(C)C)O[C@H](C(=O)O)[C@@H](O)[C@@H]3O)O[C@H](CO)[C@@H](O)[C@@H]2O)[C@H](O)[C@H](O)[C@H]1O. The molecule has 7 fully saturated rings. The minimum absolute atomic E-state index is 0.0735. The van der Waals surface area contributed by atoms with Crippen LogP contribution in [0, 0.1) is 50.2 Å². The van der Waals surface area contributed by atoms with Gasteiger partial charge >= 0.3 is 11.9 Å². The molecule has 19 nitrogen and oxygen atoms in total. The van der Waals surface area contributed by atoms with Gasteiger partial charge in [-0.1, -0.05) is 53.2 Å². The maximum atomic E-state index is 12.6. The Morgan fingerprint density at radius 3 is 1.91 bits per heavy atom. The van der Waals surface area contributed by atoms with E-state index < -0.39 is 139 Å². The summed E-state index contributed by atoms with van der Waals surface area (Å²) in [5, 5.41) is 119. The van der Waals surface area contributed by atoms with E-state index in [4.69, 9.17) is 28.4 Å². The van der Waals surface area contributed by atoms with Crippen LogP contribution in [0.3, 0.4) is 0 Å². The number of aliphatic carboxylic acids is 2. The van der Waals surface area contributed by atoms with Crippen molar-refractivity contribution in [3.63, 3.8) is 0 Å². The van der Waals surface area contributed by atoms with Gasteiger partial charge in [0.05, 0.1) is 30.3 Å². The Morgan fingerprint density at radius 1 is 0.657 bits per heavy atom. The van der Waals surface area contributed by atoms with E-state index >= 15 is 0 Å². The number of fused-ring (bicyclic) bond motifs is 7. The van der Waals surface area contributed by atoms with Crippen LogP contribution in [0.25, 0.3) is 0 Å². The van der Waals surface area contributed by atoms with Gasteiger partial charge in [0.2, 0.25) is 0 Å². The van der Waals surface area contributed by atoms with Crippen LogP contribution in [0.4, 0.5) is 0 Å². The molecule has 19 heteroatoms. The smallest absolute Gasteiger partial charge is 0.335 e. The van der Waals surface area contributed by atoms with Crippen LogP contribution < -0.4 is 0 Å². The lowest BCUT2D eigenvalue weighted by atomic mass is 9.33. The highest BCUT2D eigenvalue weighted by Crippen LogP contribution is 2.76. The summed E-state index contributed by atoms with van der Waals surface area (Å²) < 4.78 is 36.3. The van der Waals surface area contributed by atoms with Crippen molar-refractivity contribution >= 4 is 11.9 Å². The molecule has 0 aromatic heterocycles. The third-order valence-electron chi connectivity index (χ3n) is 19.7. The minimum atomic E-state index is -2.05. The highest BCUT2D eigenvalue weighted by atomic mass is 16.8. The van der Waals surface area contributed by atoms with Crippen LogP contribution in [-0.4, -0.2) is 179 Å². The number of aliphatic hydroxyl groups excluding tert-OH is 9. The van der Waals surface area contributed by atoms with E-state index in [0.717, 1.165) is 32.1 Å². The standard InChI is InChI=1S/C48H76O19/c1-20-28(51)30(53)34(57)39(62-20)66-36-31(54)29(52)23(19-49)63-40(36)67-37-33(56)32(55)35(38(58)59)65-41(37)64-27-12-13-46(6)24(43(27,2)3)11-14-48(8)25(46)10-9-21-22-17-44(4,42(60)61)18-26(50)45(22,5)15-16-47(21,48)7/h9,20,22-37,39-41,49-57H,10-19H2,1-8H3,(H,58,59)(H,60,61)/t20-,22-,23+,24?,25+,26+,27-,28-,29+,30+,31-,32-,33-,34+,35-,36+,37+,39-,40-,41+,44-,45+,46-,47+,48+/m0/s1. The van der Waals surface area contributed by atoms with E-state index in [1.807, 2.05) is 0 Å². The highest BCUT2D eigenvalue weighted by molar-refractivity contribution is 5.74. The Labute approximate surface area is 391 Å². The molecule has 5 aliphatic carbocycles. The molecule has 0 radical (unpaired) electrons. The molecule has 8 rings (SSSR count). The summed E-state index contributed by atoms with van der Waals surface area (Å²) in [5.74, 6) is -2.23. The first-order chi connectivity index (χ1) is 31.1. The molecule has 3 heterocycles. The van der Waals surface area contributed by atoms with Gasteiger partial charge in [-0.2, -0.15) is 0 Å². The first-order valence-electron chi connectivity index (χ1n) is 24.3. The fraction of sp³-hybridized carbons (Fsp3) is 0.917. The number of hydrogen-bond donors (Lipinski definition) is 11. The molecule has 0 aromatic carbocycles. The second-order valence-electron chi connectivity index (χ2n) is 23.5. The molecule has 11 N–H and O–H groups in total. The zero-order valence-corrected chi connectivity index (χ0v) is 39.9. The van der Waals surface area contributed by atoms with E-state index in [9.17, 15) is 65.8 Å². The van der Waals surface area contributed by atoms with Crippen molar-refractivity contribution in [2.24, 2.45) is 50.2 Å². The molecule has 8 aliphatic rings. The second-order valence-corrected chi connectivity index (χ2v) is 23.5. The zero-order valence-electron chi connectivity index (χ0n) is 39.9. The fourth-order valence-corrected chi connectivity index (χ4v) is 15.1. The third-order valence-corrected chi connectivity index (χ3v) is 19.7. The average Bonchev–Trinajstić information content (AvgIpc) is 3.25. The van der Waals surface area contributed by atoms with Crippen molar-refractivity contribution in [1.29, 1.82) is 0 Å². The van der Waals surface area contributed by atoms with E-state index in [1.165, 1.54) is 12.5 Å². The molecule has 382 valence electrons. The zero-order chi connectivity index (χ0) is 49.3. The topological polar surface area (TPSA) is 312 Å². The predicted octanol–water partition coefficient (Wildman–Crippen LogP) is 0.797. The van der Waals surface area contributed by atoms with Gasteiger partial charge in [0.25, 0.3) is 0 Å². The predicted molar refractivity (Wildman–Crippen MR) is 231 cm³/mol. The van der Waals surface area contributed by atoms with Crippen molar-refractivity contribution in [1.82, 2.24) is 0 Å². The van der Waals surface area contributed by atoms with Crippen LogP contribution >= 0.6 is 0 Å². The van der Waals surface area contributed by atoms with Gasteiger partial charge < -0.3 is 84.6 Å². The minimum Gasteiger partial charge on any atom is -0.481 e. The fourth-order valence-electron chi connectivity index (χ4n) is 15.1. The monoisotopic (exact) mass is 956 g/mol. The summed E-state index contributed by atoms with van der Waals surface area (Å²) in [7, 11) is 0. The Morgan fingerprint density at radius 2 is 1.28 bits per heavy atom. The van der Waals surface area contributed by atoms with Gasteiger partial charge in [0, 0.05) is 5.41 Å². The van der Waals surface area contributed by atoms with Crippen LogP contribution in [0.2, 0.25) is 0 Å². The van der Waals surface area contributed by atoms with Crippen molar-refractivity contribution < 1.29 is 94.2 Å². The Bertz CT molecular complexity index is 1900. The maximum Gasteiger partial charge on any atom is 0.335 e. The molecule has 0 aromatic rings. The quantitative estimate of drug-likeness (QED) is 0.112. The first kappa shape index (κ1) is 51.4. The van der Waals surface area contributed by atoms with Gasteiger partial charge in [-0.25, -0.2) is 4.79 Å².